The van der Waals surface area contributed by atoms with Crippen molar-refractivity contribution in [3.05, 3.63) is 84.4 Å². The predicted molar refractivity (Wildman–Crippen MR) is 129 cm³/mol. The Balaban J connectivity index is 1.54. The van der Waals surface area contributed by atoms with Gasteiger partial charge in [-0.2, -0.15) is 5.10 Å². The summed E-state index contributed by atoms with van der Waals surface area (Å²) in [6.07, 6.45) is 1.32. The van der Waals surface area contributed by atoms with Crippen LogP contribution in [0.5, 0.6) is 11.5 Å². The second-order valence-corrected chi connectivity index (χ2v) is 6.82. The van der Waals surface area contributed by atoms with Crippen molar-refractivity contribution in [3.8, 4) is 11.5 Å². The van der Waals surface area contributed by atoms with Gasteiger partial charge in [-0.25, -0.2) is 5.43 Å². The number of ether oxygens (including phenoxy) is 2. The van der Waals surface area contributed by atoms with E-state index in [4.69, 9.17) is 9.47 Å². The van der Waals surface area contributed by atoms with Crippen molar-refractivity contribution in [1.82, 2.24) is 5.43 Å². The molecule has 3 rings (SSSR count). The molecule has 0 aromatic heterocycles. The van der Waals surface area contributed by atoms with E-state index in [1.165, 1.54) is 6.21 Å². The highest BCUT2D eigenvalue weighted by Crippen LogP contribution is 2.23. The topological polar surface area (TPSA) is 118 Å². The number of nitrogens with one attached hydrogen (secondary N) is 3. The van der Waals surface area contributed by atoms with E-state index in [0.29, 0.717) is 35.0 Å². The van der Waals surface area contributed by atoms with Crippen LogP contribution >= 0.6 is 0 Å². The molecule has 0 spiro atoms. The lowest BCUT2D eigenvalue weighted by molar-refractivity contribution is -0.136. The lowest BCUT2D eigenvalue weighted by atomic mass is 10.2. The lowest BCUT2D eigenvalue weighted by Gasteiger charge is -2.10. The second-order valence-electron chi connectivity index (χ2n) is 6.82. The van der Waals surface area contributed by atoms with Crippen molar-refractivity contribution in [2.24, 2.45) is 5.10 Å². The zero-order valence-corrected chi connectivity index (χ0v) is 18.5. The summed E-state index contributed by atoms with van der Waals surface area (Å²) >= 11 is 0. The molecule has 0 heterocycles. The molecule has 0 saturated carbocycles. The molecule has 3 N–H and O–H groups in total. The first-order chi connectivity index (χ1) is 16.6. The van der Waals surface area contributed by atoms with Gasteiger partial charge in [-0.1, -0.05) is 42.5 Å². The van der Waals surface area contributed by atoms with Gasteiger partial charge in [-0.05, 0) is 43.3 Å². The third-order valence-electron chi connectivity index (χ3n) is 4.35. The standard InChI is InChI=1S/C25H24N4O5/c1-2-33-22-15-9-7-13-20(22)28-24(31)25(32)29-26-16-18-10-6-8-14-21(18)34-17-23(30)27-19-11-4-3-5-12-19/h3-16H,2,17H2,1H3,(H,27,30)(H,28,31)(H,29,32)/b26-16-. The number of nitrogens with zero attached hydrogens (tertiary/aromatic N) is 1. The third kappa shape index (κ3) is 7.20. The maximum Gasteiger partial charge on any atom is 0.329 e. The summed E-state index contributed by atoms with van der Waals surface area (Å²) < 4.78 is 11.0. The zero-order valence-electron chi connectivity index (χ0n) is 18.5. The molecule has 174 valence electrons. The molecule has 0 fully saturated rings. The number of amides is 3. The molecule has 0 aliphatic carbocycles. The van der Waals surface area contributed by atoms with Crippen LogP contribution in [0.3, 0.4) is 0 Å². The molecule has 3 amide bonds. The van der Waals surface area contributed by atoms with Crippen LogP contribution in [0.15, 0.2) is 84.0 Å². The molecule has 0 atom stereocenters. The molecular weight excluding hydrogens is 436 g/mol. The summed E-state index contributed by atoms with van der Waals surface area (Å²) in [5, 5.41) is 9.04. The molecule has 0 saturated heterocycles. The van der Waals surface area contributed by atoms with E-state index in [1.807, 2.05) is 25.1 Å². The van der Waals surface area contributed by atoms with Crippen molar-refractivity contribution >= 4 is 35.3 Å². The van der Waals surface area contributed by atoms with Crippen LogP contribution < -0.4 is 25.5 Å². The first-order valence-electron chi connectivity index (χ1n) is 10.5. The Morgan fingerprint density at radius 1 is 0.794 bits per heavy atom. The van der Waals surface area contributed by atoms with E-state index in [1.54, 1.807) is 60.7 Å². The monoisotopic (exact) mass is 460 g/mol. The van der Waals surface area contributed by atoms with Crippen molar-refractivity contribution in [3.63, 3.8) is 0 Å². The number of hydrogen-bond acceptors (Lipinski definition) is 6. The molecule has 0 aliphatic rings. The summed E-state index contributed by atoms with van der Waals surface area (Å²) in [7, 11) is 0. The first kappa shape index (κ1) is 24.0. The van der Waals surface area contributed by atoms with E-state index < -0.39 is 11.8 Å². The molecule has 3 aromatic rings. The van der Waals surface area contributed by atoms with Gasteiger partial charge in [0.15, 0.2) is 6.61 Å². The van der Waals surface area contributed by atoms with Crippen LogP contribution in [0.1, 0.15) is 12.5 Å². The van der Waals surface area contributed by atoms with Gasteiger partial charge in [0.1, 0.15) is 11.5 Å². The van der Waals surface area contributed by atoms with Crippen LogP contribution in [-0.2, 0) is 14.4 Å². The number of para-hydroxylation sites is 4. The summed E-state index contributed by atoms with van der Waals surface area (Å²) in [6, 6.07) is 22.6. The smallest absolute Gasteiger partial charge is 0.329 e. The van der Waals surface area contributed by atoms with Gasteiger partial charge < -0.3 is 20.1 Å². The average Bonchev–Trinajstić information content (AvgIpc) is 2.85. The molecule has 0 unspecified atom stereocenters. The molecule has 9 nitrogen and oxygen atoms in total. The fourth-order valence-corrected chi connectivity index (χ4v) is 2.82. The van der Waals surface area contributed by atoms with Crippen molar-refractivity contribution in [2.45, 2.75) is 6.92 Å². The number of hydrogen-bond donors (Lipinski definition) is 3. The molecule has 34 heavy (non-hydrogen) atoms. The van der Waals surface area contributed by atoms with E-state index in [2.05, 4.69) is 21.2 Å². The molecule has 9 heteroatoms. The Morgan fingerprint density at radius 3 is 2.24 bits per heavy atom. The molecule has 0 bridgehead atoms. The minimum absolute atomic E-state index is 0.215. The van der Waals surface area contributed by atoms with Crippen molar-refractivity contribution < 1.29 is 23.9 Å². The normalized spacial score (nSPS) is 10.4. The summed E-state index contributed by atoms with van der Waals surface area (Å²) in [6.45, 7) is 2.02. The number of benzene rings is 3. The fourth-order valence-electron chi connectivity index (χ4n) is 2.82. The number of anilines is 2. The number of rotatable bonds is 9. The highest BCUT2D eigenvalue weighted by Gasteiger charge is 2.15. The minimum Gasteiger partial charge on any atom is -0.492 e. The average molecular weight is 460 g/mol. The Bertz CT molecular complexity index is 1160. The first-order valence-corrected chi connectivity index (χ1v) is 10.5. The van der Waals surface area contributed by atoms with Crippen molar-refractivity contribution in [2.75, 3.05) is 23.8 Å². The highest BCUT2D eigenvalue weighted by atomic mass is 16.5. The fraction of sp³-hybridized carbons (Fsp3) is 0.120. The van der Waals surface area contributed by atoms with Gasteiger partial charge in [-0.3, -0.25) is 14.4 Å². The third-order valence-corrected chi connectivity index (χ3v) is 4.35. The van der Waals surface area contributed by atoms with Gasteiger partial charge in [0.2, 0.25) is 0 Å². The van der Waals surface area contributed by atoms with Gasteiger partial charge in [0, 0.05) is 11.3 Å². The molecule has 0 aliphatic heterocycles. The Labute approximate surface area is 196 Å². The molecular formula is C25H24N4O5. The quantitative estimate of drug-likeness (QED) is 0.258. The Morgan fingerprint density at radius 2 is 1.47 bits per heavy atom. The summed E-state index contributed by atoms with van der Waals surface area (Å²) in [5.74, 6) is -1.33. The van der Waals surface area contributed by atoms with E-state index in [-0.39, 0.29) is 12.5 Å². The number of carbonyl (C=O) groups is 3. The van der Waals surface area contributed by atoms with Crippen LogP contribution in [0.2, 0.25) is 0 Å². The highest BCUT2D eigenvalue weighted by molar-refractivity contribution is 6.39. The van der Waals surface area contributed by atoms with Crippen molar-refractivity contribution in [1.29, 1.82) is 0 Å². The predicted octanol–water partition coefficient (Wildman–Crippen LogP) is 3.19. The van der Waals surface area contributed by atoms with Gasteiger partial charge >= 0.3 is 11.8 Å². The summed E-state index contributed by atoms with van der Waals surface area (Å²) in [4.78, 5) is 36.4. The van der Waals surface area contributed by atoms with Crippen LogP contribution in [0, 0.1) is 0 Å². The summed E-state index contributed by atoms with van der Waals surface area (Å²) in [5.41, 5.74) is 3.72. The maximum atomic E-state index is 12.2. The van der Waals surface area contributed by atoms with Crippen LogP contribution in [0.4, 0.5) is 11.4 Å². The maximum absolute atomic E-state index is 12.2. The minimum atomic E-state index is -0.955. The SMILES string of the molecule is CCOc1ccccc1NC(=O)C(=O)N/N=C\c1ccccc1OCC(=O)Nc1ccccc1. The van der Waals surface area contributed by atoms with E-state index in [9.17, 15) is 14.4 Å². The van der Waals surface area contributed by atoms with Crippen LogP contribution in [0.25, 0.3) is 0 Å². The number of carbonyl (C=O) groups excluding carboxylic acids is 3. The van der Waals surface area contributed by atoms with Gasteiger partial charge in [0.05, 0.1) is 18.5 Å². The zero-order chi connectivity index (χ0) is 24.2. The Kier molecular flexibility index (Phi) is 8.75. The molecule has 0 radical (unpaired) electrons. The lowest BCUT2D eigenvalue weighted by Crippen LogP contribution is -2.32. The van der Waals surface area contributed by atoms with E-state index in [0.717, 1.165) is 0 Å². The van der Waals surface area contributed by atoms with Crippen LogP contribution in [-0.4, -0.2) is 37.1 Å². The van der Waals surface area contributed by atoms with Gasteiger partial charge in [-0.15, -0.1) is 0 Å². The molecule has 3 aromatic carbocycles. The Hall–Kier alpha value is -4.66. The van der Waals surface area contributed by atoms with Gasteiger partial charge in [0.25, 0.3) is 5.91 Å². The largest absolute Gasteiger partial charge is 0.492 e. The second kappa shape index (κ2) is 12.4. The van der Waals surface area contributed by atoms with E-state index >= 15 is 0 Å². The number of hydrazone groups is 1.